The molecule has 1 saturated carbocycles. The number of benzene rings is 3. The summed E-state index contributed by atoms with van der Waals surface area (Å²) in [6.07, 6.45) is 4.81. The van der Waals surface area contributed by atoms with E-state index in [2.05, 4.69) is 14.6 Å². The fourth-order valence-electron chi connectivity index (χ4n) is 6.95. The molecule has 0 spiro atoms. The van der Waals surface area contributed by atoms with E-state index in [1.165, 1.54) is 60.9 Å². The molecule has 4 aromatic rings. The third-order valence-corrected chi connectivity index (χ3v) is 12.6. The van der Waals surface area contributed by atoms with Crippen LogP contribution in [0.3, 0.4) is 0 Å². The number of alkyl halides is 2. The lowest BCUT2D eigenvalue weighted by Gasteiger charge is -2.44. The standard InChI is InChI=1S/C40H38Cl3F2N3O8S/c41-28-9-6-25(7-10-28)37(39(50)55-36-21-48-14-12-24(36)13-15-48)47-57(51,52)29-3-1-2-27(16-29)38(49)54-34(18-30-31(42)19-46-20-32(30)43)26-8-11-33(56-40(44)45)35(17-26)53-22-23-4-5-23/h1-3,6-11,16-17,19-20,23-24,34,36-37,40,47H,4-5,12-15,18,21-22H2/t34-,36-,37?/m0/s1. The van der Waals surface area contributed by atoms with Crippen molar-refractivity contribution in [3.05, 3.63) is 116 Å². The first kappa shape index (κ1) is 41.1. The van der Waals surface area contributed by atoms with Crippen molar-refractivity contribution in [2.75, 3.05) is 26.2 Å². The monoisotopic (exact) mass is 863 g/mol. The molecule has 302 valence electrons. The summed E-state index contributed by atoms with van der Waals surface area (Å²) in [5.41, 5.74) is 0.887. The second-order valence-electron chi connectivity index (χ2n) is 14.3. The fraction of sp³-hybridized carbons (Fsp3) is 0.375. The molecule has 3 atom stereocenters. The maximum atomic E-state index is 14.0. The molecule has 4 aliphatic rings. The molecule has 57 heavy (non-hydrogen) atoms. The summed E-state index contributed by atoms with van der Waals surface area (Å²) in [6.45, 7) is -0.410. The van der Waals surface area contributed by atoms with E-state index in [1.54, 1.807) is 12.1 Å². The van der Waals surface area contributed by atoms with Crippen LogP contribution < -0.4 is 14.2 Å². The minimum absolute atomic E-state index is 0.0223. The van der Waals surface area contributed by atoms with Gasteiger partial charge in [0.1, 0.15) is 18.2 Å². The van der Waals surface area contributed by atoms with Gasteiger partial charge in [-0.1, -0.05) is 59.1 Å². The lowest BCUT2D eigenvalue weighted by atomic mass is 9.86. The number of carbonyl (C=O) groups is 2. The maximum absolute atomic E-state index is 14.0. The van der Waals surface area contributed by atoms with E-state index in [4.69, 9.17) is 53.8 Å². The van der Waals surface area contributed by atoms with Crippen LogP contribution in [-0.4, -0.2) is 69.2 Å². The lowest BCUT2D eigenvalue weighted by Crippen LogP contribution is -2.52. The SMILES string of the molecule is O=C(O[C@@H](Cc1c(Cl)cncc1Cl)c1ccc(OC(F)F)c(OCC2CC2)c1)c1cccc(S(=O)(=O)NC(C(=O)O[C@H]2CN3CCC2CC3)c2ccc(Cl)cc2)c1. The fourth-order valence-corrected chi connectivity index (χ4v) is 8.81. The van der Waals surface area contributed by atoms with E-state index in [1.807, 2.05) is 0 Å². The van der Waals surface area contributed by atoms with Crippen LogP contribution in [-0.2, 0) is 30.7 Å². The Labute approximate surface area is 343 Å². The number of fused-ring (bicyclic) bond motifs is 3. The second-order valence-corrected chi connectivity index (χ2v) is 17.2. The van der Waals surface area contributed by atoms with Gasteiger partial charge < -0.3 is 18.9 Å². The number of piperidine rings is 3. The quantitative estimate of drug-likeness (QED) is 0.110. The molecule has 3 aliphatic heterocycles. The minimum atomic E-state index is -4.47. The predicted molar refractivity (Wildman–Crippen MR) is 207 cm³/mol. The first-order chi connectivity index (χ1) is 27.3. The van der Waals surface area contributed by atoms with Crippen molar-refractivity contribution in [2.24, 2.45) is 11.8 Å². The van der Waals surface area contributed by atoms with Gasteiger partial charge in [0.05, 0.1) is 27.1 Å². The van der Waals surface area contributed by atoms with Gasteiger partial charge in [-0.15, -0.1) is 0 Å². The van der Waals surface area contributed by atoms with Crippen molar-refractivity contribution in [3.63, 3.8) is 0 Å². The summed E-state index contributed by atoms with van der Waals surface area (Å²) in [5.74, 6) is -1.40. The van der Waals surface area contributed by atoms with Gasteiger partial charge in [-0.25, -0.2) is 18.0 Å². The Morgan fingerprint density at radius 3 is 2.25 bits per heavy atom. The molecule has 1 unspecified atom stereocenters. The summed E-state index contributed by atoms with van der Waals surface area (Å²) in [4.78, 5) is 33.5. The summed E-state index contributed by atoms with van der Waals surface area (Å²) in [6, 6.07) is 14.0. The minimum Gasteiger partial charge on any atom is -0.489 e. The number of esters is 2. The van der Waals surface area contributed by atoms with Crippen LogP contribution in [0.15, 0.2) is 84.0 Å². The molecule has 3 aromatic carbocycles. The number of aromatic nitrogens is 1. The third kappa shape index (κ3) is 10.3. The van der Waals surface area contributed by atoms with Crippen molar-refractivity contribution < 1.29 is 45.7 Å². The molecule has 2 bridgehead atoms. The highest BCUT2D eigenvalue weighted by Gasteiger charge is 2.39. The van der Waals surface area contributed by atoms with Gasteiger partial charge in [-0.2, -0.15) is 13.5 Å². The zero-order chi connectivity index (χ0) is 40.3. The van der Waals surface area contributed by atoms with Crippen molar-refractivity contribution in [1.29, 1.82) is 0 Å². The highest BCUT2D eigenvalue weighted by molar-refractivity contribution is 7.89. The Bertz CT molecular complexity index is 2190. The van der Waals surface area contributed by atoms with Crippen molar-refractivity contribution in [3.8, 4) is 11.5 Å². The molecule has 1 aromatic heterocycles. The number of nitrogens with zero attached hydrogens (tertiary/aromatic N) is 2. The summed E-state index contributed by atoms with van der Waals surface area (Å²) in [5, 5.41) is 0.768. The van der Waals surface area contributed by atoms with Gasteiger partial charge >= 0.3 is 18.6 Å². The molecule has 4 fully saturated rings. The average molecular weight is 865 g/mol. The molecule has 0 amide bonds. The van der Waals surface area contributed by atoms with E-state index in [9.17, 15) is 26.8 Å². The molecule has 4 heterocycles. The molecular weight excluding hydrogens is 827 g/mol. The average Bonchev–Trinajstić information content (AvgIpc) is 4.03. The smallest absolute Gasteiger partial charge is 0.387 e. The van der Waals surface area contributed by atoms with Gasteiger partial charge in [0.2, 0.25) is 10.0 Å². The molecule has 0 radical (unpaired) electrons. The van der Waals surface area contributed by atoms with Crippen LogP contribution >= 0.6 is 34.8 Å². The highest BCUT2D eigenvalue weighted by atomic mass is 35.5. The van der Waals surface area contributed by atoms with Gasteiger partial charge in [0.15, 0.2) is 11.5 Å². The van der Waals surface area contributed by atoms with Crippen LogP contribution in [0.2, 0.25) is 15.1 Å². The van der Waals surface area contributed by atoms with Crippen molar-refractivity contribution >= 4 is 56.8 Å². The second kappa shape index (κ2) is 17.8. The van der Waals surface area contributed by atoms with Gasteiger partial charge in [0, 0.05) is 30.4 Å². The van der Waals surface area contributed by atoms with Crippen molar-refractivity contribution in [1.82, 2.24) is 14.6 Å². The Balaban J connectivity index is 1.15. The number of pyridine rings is 1. The van der Waals surface area contributed by atoms with E-state index >= 15 is 0 Å². The van der Waals surface area contributed by atoms with Crippen LogP contribution in [0.4, 0.5) is 8.78 Å². The van der Waals surface area contributed by atoms with Gasteiger partial charge in [-0.3, -0.25) is 9.88 Å². The van der Waals surface area contributed by atoms with Crippen LogP contribution in [0.1, 0.15) is 64.9 Å². The van der Waals surface area contributed by atoms with Gasteiger partial charge in [0.25, 0.3) is 0 Å². The van der Waals surface area contributed by atoms with E-state index in [-0.39, 0.29) is 63.0 Å². The lowest BCUT2D eigenvalue weighted by molar-refractivity contribution is -0.161. The number of nitrogens with one attached hydrogen (secondary N) is 1. The highest BCUT2D eigenvalue weighted by Crippen LogP contribution is 2.38. The zero-order valence-electron chi connectivity index (χ0n) is 30.3. The number of halogens is 5. The first-order valence-electron chi connectivity index (χ1n) is 18.3. The topological polar surface area (TPSA) is 133 Å². The molecule has 17 heteroatoms. The van der Waals surface area contributed by atoms with Crippen LogP contribution in [0.5, 0.6) is 11.5 Å². The molecule has 11 nitrogen and oxygen atoms in total. The Hall–Kier alpha value is -4.05. The first-order valence-corrected chi connectivity index (χ1v) is 21.0. The number of ether oxygens (including phenoxy) is 4. The third-order valence-electron chi connectivity index (χ3n) is 10.3. The number of hydrogen-bond donors (Lipinski definition) is 1. The Morgan fingerprint density at radius 1 is 0.895 bits per heavy atom. The molecule has 1 aliphatic carbocycles. The summed E-state index contributed by atoms with van der Waals surface area (Å²) < 4.78 is 79.5. The van der Waals surface area contributed by atoms with Crippen molar-refractivity contribution in [2.45, 2.75) is 61.9 Å². The molecular formula is C40H38Cl3F2N3O8S. The van der Waals surface area contributed by atoms with E-state index in [0.717, 1.165) is 44.8 Å². The summed E-state index contributed by atoms with van der Waals surface area (Å²) >= 11 is 19.0. The number of rotatable bonds is 16. The maximum Gasteiger partial charge on any atom is 0.387 e. The number of hydrogen-bond acceptors (Lipinski definition) is 10. The van der Waals surface area contributed by atoms with E-state index in [0.29, 0.717) is 28.3 Å². The molecule has 8 rings (SSSR count). The van der Waals surface area contributed by atoms with E-state index < -0.39 is 40.7 Å². The predicted octanol–water partition coefficient (Wildman–Crippen LogP) is 8.23. The van der Waals surface area contributed by atoms with Crippen LogP contribution in [0, 0.1) is 11.8 Å². The Morgan fingerprint density at radius 2 is 1.60 bits per heavy atom. The summed E-state index contributed by atoms with van der Waals surface area (Å²) in [7, 11) is -4.47. The largest absolute Gasteiger partial charge is 0.489 e. The number of sulfonamides is 1. The zero-order valence-corrected chi connectivity index (χ0v) is 33.4. The van der Waals surface area contributed by atoms with Gasteiger partial charge in [-0.05, 0) is 110 Å². The molecule has 1 N–H and O–H groups in total. The normalized spacial score (nSPS) is 20.1. The molecule has 3 saturated heterocycles. The Kier molecular flexibility index (Phi) is 12.9. The van der Waals surface area contributed by atoms with Crippen LogP contribution in [0.25, 0.3) is 0 Å². The number of carbonyl (C=O) groups excluding carboxylic acids is 2.